The van der Waals surface area contributed by atoms with Gasteiger partial charge in [-0.25, -0.2) is 8.78 Å². The Balaban J connectivity index is 3.57. The van der Waals surface area contributed by atoms with Gasteiger partial charge in [-0.1, -0.05) is 0 Å². The fraction of sp³-hybridized carbons (Fsp3) is 0.750. The van der Waals surface area contributed by atoms with Crippen LogP contribution in [0.5, 0.6) is 0 Å². The van der Waals surface area contributed by atoms with E-state index in [0.717, 1.165) is 0 Å². The van der Waals surface area contributed by atoms with E-state index in [4.69, 9.17) is 11.6 Å². The van der Waals surface area contributed by atoms with Gasteiger partial charge in [0.15, 0.2) is 0 Å². The van der Waals surface area contributed by atoms with E-state index in [1.807, 2.05) is 0 Å². The molecular weight excluding hydrogens is 172 g/mol. The smallest absolute Gasteiger partial charge is 0.323 e. The Labute approximate surface area is 59.9 Å². The zero-order valence-electron chi connectivity index (χ0n) is 4.69. The van der Waals surface area contributed by atoms with Crippen molar-refractivity contribution in [1.29, 1.82) is 0 Å². The fourth-order valence-corrected chi connectivity index (χ4v) is 0.271. The largest absolute Gasteiger partial charge is 0.424 e. The summed E-state index contributed by atoms with van der Waals surface area (Å²) in [6.07, 6.45) is -6.18. The van der Waals surface area contributed by atoms with Crippen LogP contribution in [0.25, 0.3) is 0 Å². The molecule has 0 saturated heterocycles. The number of carbonyl (C=O) groups is 1. The predicted octanol–water partition coefficient (Wildman–Crippen LogP) is 1.33. The lowest BCUT2D eigenvalue weighted by atomic mass is 10.7. The SMILES string of the molecule is O=C(CCl)OC(F)C(F)F. The minimum atomic E-state index is -3.31. The van der Waals surface area contributed by atoms with Crippen molar-refractivity contribution in [3.05, 3.63) is 0 Å². The van der Waals surface area contributed by atoms with E-state index in [9.17, 15) is 18.0 Å². The standard InChI is InChI=1S/C4H4ClF3O2/c5-1-2(9)10-4(8)3(6)7/h3-4H,1H2. The van der Waals surface area contributed by atoms with E-state index in [-0.39, 0.29) is 0 Å². The molecule has 0 rings (SSSR count). The summed E-state index contributed by atoms with van der Waals surface area (Å²) in [6, 6.07) is 0. The Bertz CT molecular complexity index is 119. The molecule has 60 valence electrons. The number of esters is 1. The van der Waals surface area contributed by atoms with Crippen molar-refractivity contribution in [2.24, 2.45) is 0 Å². The Hall–Kier alpha value is -0.450. The van der Waals surface area contributed by atoms with Crippen LogP contribution in [0.1, 0.15) is 0 Å². The van der Waals surface area contributed by atoms with Gasteiger partial charge in [0.2, 0.25) is 0 Å². The van der Waals surface area contributed by atoms with Crippen LogP contribution >= 0.6 is 11.6 Å². The van der Waals surface area contributed by atoms with Crippen LogP contribution in [0.2, 0.25) is 0 Å². The number of halogens is 4. The first-order valence-corrected chi connectivity index (χ1v) is 2.79. The maximum atomic E-state index is 11.7. The van der Waals surface area contributed by atoms with Crippen molar-refractivity contribution in [2.75, 3.05) is 5.88 Å². The highest BCUT2D eigenvalue weighted by Gasteiger charge is 2.22. The van der Waals surface area contributed by atoms with E-state index < -0.39 is 24.6 Å². The van der Waals surface area contributed by atoms with Gasteiger partial charge in [-0.3, -0.25) is 4.79 Å². The topological polar surface area (TPSA) is 26.3 Å². The lowest BCUT2D eigenvalue weighted by Gasteiger charge is -2.05. The van der Waals surface area contributed by atoms with Gasteiger partial charge in [-0.2, -0.15) is 4.39 Å². The maximum absolute atomic E-state index is 11.7. The number of hydrogen-bond acceptors (Lipinski definition) is 2. The van der Waals surface area contributed by atoms with Crippen LogP contribution in [0.3, 0.4) is 0 Å². The summed E-state index contributed by atoms with van der Waals surface area (Å²) in [7, 11) is 0. The molecule has 0 aromatic rings. The van der Waals surface area contributed by atoms with Crippen molar-refractivity contribution in [1.82, 2.24) is 0 Å². The van der Waals surface area contributed by atoms with Crippen LogP contribution in [-0.2, 0) is 9.53 Å². The highest BCUT2D eigenvalue weighted by Crippen LogP contribution is 2.06. The molecule has 0 amide bonds. The van der Waals surface area contributed by atoms with E-state index in [2.05, 4.69) is 4.74 Å². The van der Waals surface area contributed by atoms with Gasteiger partial charge in [0.05, 0.1) is 0 Å². The third-order valence-corrected chi connectivity index (χ3v) is 0.769. The van der Waals surface area contributed by atoms with Gasteiger partial charge in [0.25, 0.3) is 0 Å². The third-order valence-electron chi connectivity index (χ3n) is 0.551. The molecule has 2 nitrogen and oxygen atoms in total. The summed E-state index contributed by atoms with van der Waals surface area (Å²) in [5.41, 5.74) is 0. The average Bonchev–Trinajstić information content (AvgIpc) is 1.87. The molecule has 0 heterocycles. The zero-order valence-corrected chi connectivity index (χ0v) is 5.45. The molecule has 0 spiro atoms. The monoisotopic (exact) mass is 176 g/mol. The van der Waals surface area contributed by atoms with Crippen molar-refractivity contribution >= 4 is 17.6 Å². The number of carbonyl (C=O) groups excluding carboxylic acids is 1. The summed E-state index contributed by atoms with van der Waals surface area (Å²) in [5, 5.41) is 0. The van der Waals surface area contributed by atoms with E-state index in [0.29, 0.717) is 0 Å². The van der Waals surface area contributed by atoms with Crippen LogP contribution in [-0.4, -0.2) is 24.6 Å². The first kappa shape index (κ1) is 9.55. The van der Waals surface area contributed by atoms with Crippen LogP contribution in [0.4, 0.5) is 13.2 Å². The van der Waals surface area contributed by atoms with Crippen molar-refractivity contribution in [3.63, 3.8) is 0 Å². The second-order valence-electron chi connectivity index (χ2n) is 1.31. The lowest BCUT2D eigenvalue weighted by Crippen LogP contribution is -2.21. The minimum absolute atomic E-state index is 0.632. The molecule has 0 radical (unpaired) electrons. The summed E-state index contributed by atoms with van der Waals surface area (Å²) < 4.78 is 37.6. The second kappa shape index (κ2) is 4.38. The molecule has 0 fully saturated rings. The fourth-order valence-electron chi connectivity index (χ4n) is 0.209. The van der Waals surface area contributed by atoms with Gasteiger partial charge in [-0.15, -0.1) is 11.6 Å². The molecule has 1 atom stereocenters. The number of hydrogen-bond donors (Lipinski definition) is 0. The Morgan fingerprint density at radius 3 is 2.30 bits per heavy atom. The molecule has 0 aliphatic carbocycles. The third kappa shape index (κ3) is 3.55. The van der Waals surface area contributed by atoms with Gasteiger partial charge >= 0.3 is 18.8 Å². The molecule has 0 saturated carbocycles. The van der Waals surface area contributed by atoms with E-state index in [1.165, 1.54) is 0 Å². The first-order valence-electron chi connectivity index (χ1n) is 2.25. The summed E-state index contributed by atoms with van der Waals surface area (Å²) in [6.45, 7) is 0. The Morgan fingerprint density at radius 1 is 1.50 bits per heavy atom. The Morgan fingerprint density at radius 2 is 2.00 bits per heavy atom. The number of rotatable bonds is 3. The molecule has 0 aliphatic heterocycles. The van der Waals surface area contributed by atoms with E-state index >= 15 is 0 Å². The second-order valence-corrected chi connectivity index (χ2v) is 1.58. The van der Waals surface area contributed by atoms with Gasteiger partial charge < -0.3 is 4.74 Å². The van der Waals surface area contributed by atoms with Crippen molar-refractivity contribution < 1.29 is 22.7 Å². The van der Waals surface area contributed by atoms with Gasteiger partial charge in [-0.05, 0) is 0 Å². The highest BCUT2D eigenvalue weighted by molar-refractivity contribution is 6.26. The molecule has 0 aliphatic rings. The number of ether oxygens (including phenoxy) is 1. The van der Waals surface area contributed by atoms with Crippen LogP contribution < -0.4 is 0 Å². The lowest BCUT2D eigenvalue weighted by molar-refractivity contribution is -0.170. The maximum Gasteiger partial charge on any atom is 0.323 e. The van der Waals surface area contributed by atoms with Crippen LogP contribution in [0, 0.1) is 0 Å². The zero-order chi connectivity index (χ0) is 8.15. The molecule has 0 aromatic heterocycles. The van der Waals surface area contributed by atoms with Crippen LogP contribution in [0.15, 0.2) is 0 Å². The summed E-state index contributed by atoms with van der Waals surface area (Å²) in [5.74, 6) is -1.83. The molecule has 0 bridgehead atoms. The summed E-state index contributed by atoms with van der Waals surface area (Å²) >= 11 is 4.81. The van der Waals surface area contributed by atoms with Gasteiger partial charge in [0.1, 0.15) is 5.88 Å². The molecule has 6 heteroatoms. The summed E-state index contributed by atoms with van der Waals surface area (Å²) in [4.78, 5) is 10.00. The minimum Gasteiger partial charge on any atom is -0.424 e. The highest BCUT2D eigenvalue weighted by atomic mass is 35.5. The molecule has 0 N–H and O–H groups in total. The van der Waals surface area contributed by atoms with E-state index in [1.54, 1.807) is 0 Å². The predicted molar refractivity (Wildman–Crippen MR) is 27.7 cm³/mol. The molecule has 10 heavy (non-hydrogen) atoms. The average molecular weight is 177 g/mol. The molecule has 0 aromatic carbocycles. The molecule has 1 unspecified atom stereocenters. The first-order chi connectivity index (χ1) is 4.57. The normalized spacial score (nSPS) is 13.3. The van der Waals surface area contributed by atoms with Crippen molar-refractivity contribution in [3.8, 4) is 0 Å². The van der Waals surface area contributed by atoms with Crippen molar-refractivity contribution in [2.45, 2.75) is 12.8 Å². The molecular formula is C4H4ClF3O2. The number of alkyl halides is 4. The van der Waals surface area contributed by atoms with Gasteiger partial charge in [0, 0.05) is 0 Å². The quantitative estimate of drug-likeness (QED) is 0.479. The Kier molecular flexibility index (Phi) is 4.18.